The van der Waals surface area contributed by atoms with E-state index in [-0.39, 0.29) is 0 Å². The standard InChI is InChI=1S/C20H28N2O/c1-12(22-21)18-7-8-19-17-5-3-13-11-14(23)4-6-15(13)16(17)9-10-20(18,19)2/h4,6,11,16-17,19,22-23H,3,5,7-10,21H2,1-2H3. The van der Waals surface area contributed by atoms with Crippen LogP contribution in [0.4, 0.5) is 0 Å². The molecule has 4 atom stereocenters. The zero-order valence-corrected chi connectivity index (χ0v) is 14.2. The van der Waals surface area contributed by atoms with Crippen molar-refractivity contribution in [2.45, 2.75) is 58.3 Å². The van der Waals surface area contributed by atoms with Crippen LogP contribution in [0.5, 0.6) is 5.75 Å². The third-order valence-corrected chi connectivity index (χ3v) is 7.16. The number of nitrogens with one attached hydrogen (secondary N) is 1. The highest BCUT2D eigenvalue weighted by atomic mass is 16.3. The minimum Gasteiger partial charge on any atom is -0.508 e. The van der Waals surface area contributed by atoms with Crippen molar-refractivity contribution in [3.05, 3.63) is 40.6 Å². The van der Waals surface area contributed by atoms with E-state index in [4.69, 9.17) is 5.84 Å². The molecule has 2 saturated carbocycles. The van der Waals surface area contributed by atoms with Gasteiger partial charge in [0.1, 0.15) is 5.75 Å². The summed E-state index contributed by atoms with van der Waals surface area (Å²) in [5, 5.41) is 9.77. The van der Waals surface area contributed by atoms with Gasteiger partial charge < -0.3 is 10.5 Å². The summed E-state index contributed by atoms with van der Waals surface area (Å²) in [5.41, 5.74) is 8.88. The van der Waals surface area contributed by atoms with Gasteiger partial charge in [-0.1, -0.05) is 13.0 Å². The van der Waals surface area contributed by atoms with Crippen molar-refractivity contribution in [3.8, 4) is 5.75 Å². The third kappa shape index (κ3) is 2.13. The number of aryl methyl sites for hydroxylation is 1. The van der Waals surface area contributed by atoms with Crippen LogP contribution in [0.3, 0.4) is 0 Å². The molecular formula is C20H28N2O. The van der Waals surface area contributed by atoms with Gasteiger partial charge in [0.2, 0.25) is 0 Å². The maximum Gasteiger partial charge on any atom is 0.115 e. The molecule has 3 nitrogen and oxygen atoms in total. The highest BCUT2D eigenvalue weighted by molar-refractivity contribution is 5.41. The second-order valence-corrected chi connectivity index (χ2v) is 8.04. The van der Waals surface area contributed by atoms with Crippen LogP contribution in [0.2, 0.25) is 0 Å². The van der Waals surface area contributed by atoms with Gasteiger partial charge in [-0.25, -0.2) is 0 Å². The number of hydrogen-bond acceptors (Lipinski definition) is 3. The molecule has 1 aromatic carbocycles. The number of benzene rings is 1. The van der Waals surface area contributed by atoms with E-state index in [0.29, 0.717) is 17.1 Å². The second kappa shape index (κ2) is 5.27. The van der Waals surface area contributed by atoms with Gasteiger partial charge in [0.15, 0.2) is 0 Å². The molecule has 124 valence electrons. The van der Waals surface area contributed by atoms with Crippen molar-refractivity contribution in [1.29, 1.82) is 0 Å². The number of allylic oxidation sites excluding steroid dienone is 2. The molecule has 4 N–H and O–H groups in total. The van der Waals surface area contributed by atoms with E-state index < -0.39 is 0 Å². The first kappa shape index (κ1) is 15.1. The highest BCUT2D eigenvalue weighted by Gasteiger charge is 2.52. The number of rotatable bonds is 1. The lowest BCUT2D eigenvalue weighted by molar-refractivity contribution is 0.0806. The molecule has 0 amide bonds. The molecule has 2 fully saturated rings. The minimum atomic E-state index is 0.325. The van der Waals surface area contributed by atoms with Gasteiger partial charge in [-0.15, -0.1) is 0 Å². The van der Waals surface area contributed by atoms with E-state index in [1.165, 1.54) is 48.9 Å². The van der Waals surface area contributed by atoms with E-state index in [2.05, 4.69) is 25.3 Å². The number of phenols is 1. The van der Waals surface area contributed by atoms with Crippen molar-refractivity contribution in [1.82, 2.24) is 5.43 Å². The Labute approximate surface area is 138 Å². The number of nitrogens with two attached hydrogens (primary N) is 1. The van der Waals surface area contributed by atoms with Crippen molar-refractivity contribution in [3.63, 3.8) is 0 Å². The molecular weight excluding hydrogens is 284 g/mol. The van der Waals surface area contributed by atoms with Gasteiger partial charge in [0.05, 0.1) is 0 Å². The van der Waals surface area contributed by atoms with Crippen molar-refractivity contribution < 1.29 is 5.11 Å². The molecule has 3 aliphatic rings. The fourth-order valence-corrected chi connectivity index (χ4v) is 6.08. The molecule has 0 saturated heterocycles. The lowest BCUT2D eigenvalue weighted by Gasteiger charge is -2.49. The maximum absolute atomic E-state index is 9.77. The van der Waals surface area contributed by atoms with Crippen LogP contribution in [-0.4, -0.2) is 5.11 Å². The summed E-state index contributed by atoms with van der Waals surface area (Å²) in [5.74, 6) is 8.37. The quantitative estimate of drug-likeness (QED) is 0.543. The van der Waals surface area contributed by atoms with Crippen LogP contribution in [0.25, 0.3) is 0 Å². The molecule has 0 spiro atoms. The monoisotopic (exact) mass is 312 g/mol. The summed E-state index contributed by atoms with van der Waals surface area (Å²) in [6.07, 6.45) is 7.40. The van der Waals surface area contributed by atoms with Gasteiger partial charge in [-0.3, -0.25) is 5.84 Å². The first-order valence-corrected chi connectivity index (χ1v) is 9.03. The van der Waals surface area contributed by atoms with Gasteiger partial charge in [-0.2, -0.15) is 0 Å². The Hall–Kier alpha value is -1.48. The Morgan fingerprint density at radius 1 is 1.26 bits per heavy atom. The number of hydrogen-bond donors (Lipinski definition) is 3. The molecule has 0 aliphatic heterocycles. The topological polar surface area (TPSA) is 58.3 Å². The molecule has 4 unspecified atom stereocenters. The van der Waals surface area contributed by atoms with Crippen molar-refractivity contribution in [2.75, 3.05) is 0 Å². The Kier molecular flexibility index (Phi) is 3.45. The molecule has 0 radical (unpaired) electrons. The summed E-state index contributed by atoms with van der Waals surface area (Å²) < 4.78 is 0. The van der Waals surface area contributed by atoms with Crippen LogP contribution in [-0.2, 0) is 6.42 Å². The normalized spacial score (nSPS) is 37.6. The molecule has 1 aromatic rings. The van der Waals surface area contributed by atoms with Gasteiger partial charge in [-0.05, 0) is 97.5 Å². The van der Waals surface area contributed by atoms with Gasteiger partial charge in [0, 0.05) is 5.70 Å². The van der Waals surface area contributed by atoms with E-state index in [1.54, 1.807) is 5.57 Å². The zero-order chi connectivity index (χ0) is 16.2. The summed E-state index contributed by atoms with van der Waals surface area (Å²) >= 11 is 0. The fraction of sp³-hybridized carbons (Fsp3) is 0.600. The smallest absolute Gasteiger partial charge is 0.115 e. The summed E-state index contributed by atoms with van der Waals surface area (Å²) in [4.78, 5) is 0. The first-order chi connectivity index (χ1) is 11.0. The number of fused-ring (bicyclic) bond motifs is 5. The minimum absolute atomic E-state index is 0.325. The summed E-state index contributed by atoms with van der Waals surface area (Å²) in [6.45, 7) is 4.61. The molecule has 0 bridgehead atoms. The van der Waals surface area contributed by atoms with Crippen molar-refractivity contribution in [2.24, 2.45) is 23.1 Å². The average Bonchev–Trinajstić information content (AvgIpc) is 2.90. The lowest BCUT2D eigenvalue weighted by Crippen LogP contribution is -2.41. The lowest BCUT2D eigenvalue weighted by atomic mass is 9.55. The van der Waals surface area contributed by atoms with Crippen molar-refractivity contribution >= 4 is 0 Å². The molecule has 0 heterocycles. The van der Waals surface area contributed by atoms with Crippen LogP contribution in [0, 0.1) is 17.3 Å². The SMILES string of the molecule is CC(NN)=C1CCC2C3CCc4cc(O)ccc4C3CCC12C. The molecule has 3 aliphatic carbocycles. The summed E-state index contributed by atoms with van der Waals surface area (Å²) in [6, 6.07) is 6.04. The second-order valence-electron chi connectivity index (χ2n) is 8.04. The predicted octanol–water partition coefficient (Wildman–Crippen LogP) is 3.99. The fourth-order valence-electron chi connectivity index (χ4n) is 6.08. The third-order valence-electron chi connectivity index (χ3n) is 7.16. The Bertz CT molecular complexity index is 666. The van der Waals surface area contributed by atoms with Crippen LogP contribution >= 0.6 is 0 Å². The van der Waals surface area contributed by atoms with E-state index in [0.717, 1.165) is 18.3 Å². The Morgan fingerprint density at radius 3 is 2.87 bits per heavy atom. The van der Waals surface area contributed by atoms with Gasteiger partial charge >= 0.3 is 0 Å². The molecule has 4 rings (SSSR count). The van der Waals surface area contributed by atoms with Crippen LogP contribution < -0.4 is 11.3 Å². The van der Waals surface area contributed by atoms with E-state index >= 15 is 0 Å². The summed E-state index contributed by atoms with van der Waals surface area (Å²) in [7, 11) is 0. The number of phenolic OH excluding ortho intramolecular Hbond substituents is 1. The van der Waals surface area contributed by atoms with E-state index in [1.807, 2.05) is 12.1 Å². The Morgan fingerprint density at radius 2 is 2.09 bits per heavy atom. The zero-order valence-electron chi connectivity index (χ0n) is 14.2. The number of hydrazine groups is 1. The highest BCUT2D eigenvalue weighted by Crippen LogP contribution is 2.63. The molecule has 0 aromatic heterocycles. The predicted molar refractivity (Wildman–Crippen MR) is 92.7 cm³/mol. The van der Waals surface area contributed by atoms with E-state index in [9.17, 15) is 5.11 Å². The van der Waals surface area contributed by atoms with Gasteiger partial charge in [0.25, 0.3) is 0 Å². The molecule has 23 heavy (non-hydrogen) atoms. The average molecular weight is 312 g/mol. The maximum atomic E-state index is 9.77. The number of aromatic hydroxyl groups is 1. The van der Waals surface area contributed by atoms with Crippen LogP contribution in [0.15, 0.2) is 29.5 Å². The largest absolute Gasteiger partial charge is 0.508 e. The molecule has 3 heteroatoms. The van der Waals surface area contributed by atoms with Crippen LogP contribution in [0.1, 0.15) is 63.0 Å². The first-order valence-electron chi connectivity index (χ1n) is 9.03. The Balaban J connectivity index is 1.70.